The van der Waals surface area contributed by atoms with Gasteiger partial charge in [0, 0.05) is 19.2 Å². The molecular formula is C16H21ClFN3. The Balaban J connectivity index is 1.86. The van der Waals surface area contributed by atoms with Crippen LogP contribution in [0.2, 0.25) is 0 Å². The van der Waals surface area contributed by atoms with E-state index >= 15 is 0 Å². The van der Waals surface area contributed by atoms with Gasteiger partial charge in [-0.15, -0.1) is 11.6 Å². The monoisotopic (exact) mass is 309 g/mol. The quantitative estimate of drug-likeness (QED) is 0.803. The Morgan fingerprint density at radius 2 is 1.95 bits per heavy atom. The van der Waals surface area contributed by atoms with Crippen molar-refractivity contribution in [2.45, 2.75) is 38.6 Å². The Kier molecular flexibility index (Phi) is 4.45. The second-order valence-corrected chi connectivity index (χ2v) is 6.07. The Morgan fingerprint density at radius 3 is 2.67 bits per heavy atom. The average molecular weight is 310 g/mol. The smallest absolute Gasteiger partial charge is 0.128 e. The Labute approximate surface area is 129 Å². The van der Waals surface area contributed by atoms with Crippen LogP contribution >= 0.6 is 11.6 Å². The lowest BCUT2D eigenvalue weighted by molar-refractivity contribution is 0.221. The summed E-state index contributed by atoms with van der Waals surface area (Å²) in [5.41, 5.74) is 2.34. The van der Waals surface area contributed by atoms with Gasteiger partial charge in [-0.05, 0) is 44.5 Å². The lowest BCUT2D eigenvalue weighted by atomic mass is 10.1. The molecule has 1 fully saturated rings. The first-order valence-corrected chi connectivity index (χ1v) is 8.16. The lowest BCUT2D eigenvalue weighted by Gasteiger charge is -2.26. The summed E-state index contributed by atoms with van der Waals surface area (Å²) in [6.45, 7) is 6.01. The number of rotatable bonds is 4. The minimum atomic E-state index is -0.204. The third-order valence-corrected chi connectivity index (χ3v) is 4.55. The van der Waals surface area contributed by atoms with Gasteiger partial charge in [0.05, 0.1) is 16.9 Å². The maximum absolute atomic E-state index is 13.7. The summed E-state index contributed by atoms with van der Waals surface area (Å²) < 4.78 is 15.8. The summed E-state index contributed by atoms with van der Waals surface area (Å²) >= 11 is 6.01. The Morgan fingerprint density at radius 1 is 1.19 bits per heavy atom. The number of likely N-dealkylation sites (tertiary alicyclic amines) is 1. The topological polar surface area (TPSA) is 21.1 Å². The van der Waals surface area contributed by atoms with Gasteiger partial charge >= 0.3 is 0 Å². The molecule has 1 saturated heterocycles. The summed E-state index contributed by atoms with van der Waals surface area (Å²) in [4.78, 5) is 6.96. The number of hydrogen-bond acceptors (Lipinski definition) is 2. The molecule has 3 nitrogen and oxygen atoms in total. The van der Waals surface area contributed by atoms with Crippen LogP contribution in [0.15, 0.2) is 12.1 Å². The summed E-state index contributed by atoms with van der Waals surface area (Å²) in [5.74, 6) is 0.980. The Bertz CT molecular complexity index is 632. The van der Waals surface area contributed by atoms with Crippen molar-refractivity contribution in [1.29, 1.82) is 0 Å². The first kappa shape index (κ1) is 14.8. The number of benzene rings is 1. The van der Waals surface area contributed by atoms with Gasteiger partial charge in [-0.25, -0.2) is 9.37 Å². The van der Waals surface area contributed by atoms with E-state index in [0.29, 0.717) is 17.0 Å². The minimum absolute atomic E-state index is 0.204. The van der Waals surface area contributed by atoms with Crippen LogP contribution in [0.4, 0.5) is 4.39 Å². The molecule has 0 aliphatic carbocycles. The molecule has 0 amide bonds. The lowest BCUT2D eigenvalue weighted by Crippen LogP contribution is -2.32. The largest absolute Gasteiger partial charge is 0.326 e. The van der Waals surface area contributed by atoms with Crippen molar-refractivity contribution >= 4 is 22.6 Å². The number of nitrogens with zero attached hydrogens (tertiary/aromatic N) is 3. The van der Waals surface area contributed by atoms with Crippen LogP contribution in [-0.2, 0) is 12.4 Å². The third-order valence-electron chi connectivity index (χ3n) is 4.32. The molecule has 0 radical (unpaired) electrons. The van der Waals surface area contributed by atoms with Gasteiger partial charge in [-0.1, -0.05) is 6.42 Å². The molecule has 21 heavy (non-hydrogen) atoms. The van der Waals surface area contributed by atoms with Gasteiger partial charge in [0.1, 0.15) is 11.6 Å². The van der Waals surface area contributed by atoms with Crippen LogP contribution in [0.1, 0.15) is 30.7 Å². The first-order chi connectivity index (χ1) is 10.2. The molecule has 1 aliphatic rings. The zero-order valence-corrected chi connectivity index (χ0v) is 13.2. The maximum Gasteiger partial charge on any atom is 0.128 e. The summed E-state index contributed by atoms with van der Waals surface area (Å²) in [6, 6.07) is 3.39. The number of halogens is 2. The highest BCUT2D eigenvalue weighted by Gasteiger charge is 2.15. The van der Waals surface area contributed by atoms with Crippen LogP contribution in [0.5, 0.6) is 0 Å². The molecule has 0 unspecified atom stereocenters. The highest BCUT2D eigenvalue weighted by atomic mass is 35.5. The Hall–Kier alpha value is -1.13. The van der Waals surface area contributed by atoms with E-state index in [4.69, 9.17) is 11.6 Å². The molecule has 114 valence electrons. The van der Waals surface area contributed by atoms with Gasteiger partial charge in [0.15, 0.2) is 0 Å². The molecule has 3 rings (SSSR count). The molecule has 2 aromatic rings. The van der Waals surface area contributed by atoms with Crippen molar-refractivity contribution in [3.05, 3.63) is 29.3 Å². The van der Waals surface area contributed by atoms with Gasteiger partial charge < -0.3 is 9.47 Å². The molecule has 0 saturated carbocycles. The number of piperidine rings is 1. The van der Waals surface area contributed by atoms with Crippen molar-refractivity contribution in [2.24, 2.45) is 0 Å². The van der Waals surface area contributed by atoms with E-state index in [2.05, 4.69) is 14.5 Å². The van der Waals surface area contributed by atoms with Crippen molar-refractivity contribution in [2.75, 3.05) is 19.6 Å². The minimum Gasteiger partial charge on any atom is -0.326 e. The normalized spacial score (nSPS) is 16.7. The molecule has 0 atom stereocenters. The number of imidazole rings is 1. The van der Waals surface area contributed by atoms with Crippen molar-refractivity contribution in [1.82, 2.24) is 14.5 Å². The highest BCUT2D eigenvalue weighted by Crippen LogP contribution is 2.21. The van der Waals surface area contributed by atoms with E-state index in [0.717, 1.165) is 24.4 Å². The van der Waals surface area contributed by atoms with E-state index in [1.165, 1.54) is 38.4 Å². The van der Waals surface area contributed by atoms with Crippen LogP contribution in [-0.4, -0.2) is 34.1 Å². The van der Waals surface area contributed by atoms with Crippen LogP contribution in [0.25, 0.3) is 11.0 Å². The first-order valence-electron chi connectivity index (χ1n) is 7.62. The fourth-order valence-electron chi connectivity index (χ4n) is 3.08. The summed E-state index contributed by atoms with van der Waals surface area (Å²) in [7, 11) is 0. The zero-order chi connectivity index (χ0) is 14.8. The van der Waals surface area contributed by atoms with Gasteiger partial charge in [0.2, 0.25) is 0 Å². The van der Waals surface area contributed by atoms with E-state index < -0.39 is 0 Å². The molecule has 0 bridgehead atoms. The average Bonchev–Trinajstić information content (AvgIpc) is 2.83. The van der Waals surface area contributed by atoms with E-state index in [9.17, 15) is 4.39 Å². The van der Waals surface area contributed by atoms with E-state index in [-0.39, 0.29) is 5.82 Å². The van der Waals surface area contributed by atoms with E-state index in [1.54, 1.807) is 6.92 Å². The number of aryl methyl sites for hydroxylation is 1. The predicted octanol–water partition coefficient (Wildman–Crippen LogP) is 3.71. The van der Waals surface area contributed by atoms with Crippen LogP contribution in [0.3, 0.4) is 0 Å². The SMILES string of the molecule is Cc1cc2c(cc1F)nc(CCl)n2CCN1CCCCC1. The number of alkyl halides is 1. The third kappa shape index (κ3) is 3.06. The fourth-order valence-corrected chi connectivity index (χ4v) is 3.28. The summed E-state index contributed by atoms with van der Waals surface area (Å²) in [5, 5.41) is 0. The molecule has 1 aromatic carbocycles. The molecule has 0 spiro atoms. The number of aromatic nitrogens is 2. The van der Waals surface area contributed by atoms with Crippen molar-refractivity contribution < 1.29 is 4.39 Å². The van der Waals surface area contributed by atoms with Crippen LogP contribution < -0.4 is 0 Å². The molecule has 1 aromatic heterocycles. The molecule has 0 N–H and O–H groups in total. The molecule has 2 heterocycles. The van der Waals surface area contributed by atoms with Gasteiger partial charge in [0.25, 0.3) is 0 Å². The second kappa shape index (κ2) is 6.32. The van der Waals surface area contributed by atoms with Gasteiger partial charge in [-0.2, -0.15) is 0 Å². The van der Waals surface area contributed by atoms with Crippen molar-refractivity contribution in [3.8, 4) is 0 Å². The predicted molar refractivity (Wildman–Crippen MR) is 84.3 cm³/mol. The molecule has 5 heteroatoms. The fraction of sp³-hybridized carbons (Fsp3) is 0.562. The molecular weight excluding hydrogens is 289 g/mol. The van der Waals surface area contributed by atoms with Crippen LogP contribution in [0, 0.1) is 12.7 Å². The standard InChI is InChI=1S/C16H21ClFN3/c1-12-9-15-14(10-13(12)18)19-16(11-17)21(15)8-7-20-5-3-2-4-6-20/h9-10H,2-8,11H2,1H3. The summed E-state index contributed by atoms with van der Waals surface area (Å²) in [6.07, 6.45) is 3.92. The van der Waals surface area contributed by atoms with E-state index in [1.807, 2.05) is 6.07 Å². The van der Waals surface area contributed by atoms with Crippen molar-refractivity contribution in [3.63, 3.8) is 0 Å². The highest BCUT2D eigenvalue weighted by molar-refractivity contribution is 6.16. The maximum atomic E-state index is 13.7. The number of hydrogen-bond donors (Lipinski definition) is 0. The molecule has 1 aliphatic heterocycles. The zero-order valence-electron chi connectivity index (χ0n) is 12.4. The number of fused-ring (bicyclic) bond motifs is 1. The second-order valence-electron chi connectivity index (χ2n) is 5.81. The van der Waals surface area contributed by atoms with Gasteiger partial charge in [-0.3, -0.25) is 0 Å².